The van der Waals surface area contributed by atoms with E-state index in [1.54, 1.807) is 20.8 Å². The average Bonchev–Trinajstić information content (AvgIpc) is 3.04. The van der Waals surface area contributed by atoms with Crippen LogP contribution in [0.2, 0.25) is 10.1 Å². The highest BCUT2D eigenvalue weighted by molar-refractivity contribution is 7.00. The second-order valence-corrected chi connectivity index (χ2v) is 24.2. The van der Waals surface area contributed by atoms with E-state index in [9.17, 15) is 9.59 Å². The minimum absolute atomic E-state index is 0.359. The fourth-order valence-corrected chi connectivity index (χ4v) is 15.8. The predicted octanol–water partition coefficient (Wildman–Crippen LogP) is 6.95. The molecule has 0 aliphatic heterocycles. The highest BCUT2D eigenvalue weighted by Crippen LogP contribution is 2.39. The monoisotopic (exact) mass is 695 g/mol. The van der Waals surface area contributed by atoms with Crippen molar-refractivity contribution in [3.8, 4) is 0 Å². The van der Waals surface area contributed by atoms with Crippen LogP contribution in [-0.2, 0) is 18.4 Å². The van der Waals surface area contributed by atoms with E-state index in [0.29, 0.717) is 0 Å². The maximum absolute atomic E-state index is 15.0. The van der Waals surface area contributed by atoms with Gasteiger partial charge in [-0.05, 0) is 58.5 Å². The molecule has 1 amide bonds. The first-order chi connectivity index (χ1) is 22.9. The van der Waals surface area contributed by atoms with Gasteiger partial charge < -0.3 is 18.9 Å². The number of hydrogen-bond donors (Lipinski definition) is 1. The van der Waals surface area contributed by atoms with Crippen molar-refractivity contribution >= 4 is 49.4 Å². The molecule has 4 aromatic rings. The van der Waals surface area contributed by atoms with Gasteiger partial charge in [-0.2, -0.15) is 0 Å². The zero-order valence-corrected chi connectivity index (χ0v) is 32.7. The van der Waals surface area contributed by atoms with Crippen molar-refractivity contribution in [2.75, 3.05) is 0 Å². The van der Waals surface area contributed by atoms with Gasteiger partial charge in [0, 0.05) is 0 Å². The van der Waals surface area contributed by atoms with Gasteiger partial charge in [0.1, 0.15) is 5.60 Å². The minimum Gasteiger partial charge on any atom is -0.508 e. The molecule has 0 fully saturated rings. The summed E-state index contributed by atoms with van der Waals surface area (Å²) in [7, 11) is -6.46. The topological polar surface area (TPSA) is 73.9 Å². The molecule has 0 aliphatic carbocycles. The number of ether oxygens (including phenoxy) is 1. The number of hydrogen-bond acceptors (Lipinski definition) is 5. The largest absolute Gasteiger partial charge is 0.508 e. The molecular weight excluding hydrogens is 643 g/mol. The first-order valence-corrected chi connectivity index (χ1v) is 20.9. The van der Waals surface area contributed by atoms with Crippen LogP contribution in [0.15, 0.2) is 121 Å². The Bertz CT molecular complexity index is 1580. The van der Waals surface area contributed by atoms with Crippen molar-refractivity contribution in [1.29, 1.82) is 0 Å². The summed E-state index contributed by atoms with van der Waals surface area (Å²) in [5.41, 5.74) is -0.779. The Morgan fingerprint density at radius 3 is 1.18 bits per heavy atom. The van der Waals surface area contributed by atoms with Crippen molar-refractivity contribution in [3.05, 3.63) is 121 Å². The maximum atomic E-state index is 15.0. The third-order valence-electron chi connectivity index (χ3n) is 8.85. The summed E-state index contributed by atoms with van der Waals surface area (Å²) in [6.45, 7) is 20.1. The molecule has 4 rings (SSSR count). The van der Waals surface area contributed by atoms with Crippen molar-refractivity contribution < 1.29 is 23.2 Å². The highest BCUT2D eigenvalue weighted by atomic mass is 28.4. The molecule has 6 nitrogen and oxygen atoms in total. The number of carbonyl (C=O) groups excluding carboxylic acids is 2. The van der Waals surface area contributed by atoms with E-state index < -0.39 is 51.5 Å². The number of carbonyl (C=O) groups is 2. The SMILES string of the molecule is C[C@@H](O[Si](c1ccccc1)(c1ccccc1)C(C)(C)C)[C@H](NC(=O)OC(C)(C)C)C(=O)O[Si](c1ccccc1)(c1ccccc1)C(C)(C)C. The van der Waals surface area contributed by atoms with Crippen molar-refractivity contribution in [2.45, 2.75) is 97.1 Å². The lowest BCUT2D eigenvalue weighted by Gasteiger charge is -2.46. The van der Waals surface area contributed by atoms with Gasteiger partial charge in [0.25, 0.3) is 8.32 Å². The second-order valence-electron chi connectivity index (χ2n) is 15.7. The van der Waals surface area contributed by atoms with Gasteiger partial charge in [0.05, 0.1) is 6.10 Å². The fraction of sp³-hybridized carbons (Fsp3) is 0.366. The molecule has 0 bridgehead atoms. The van der Waals surface area contributed by atoms with E-state index in [0.717, 1.165) is 20.7 Å². The summed E-state index contributed by atoms with van der Waals surface area (Å²) in [6, 6.07) is 39.3. The Labute approximate surface area is 295 Å². The Morgan fingerprint density at radius 1 is 0.551 bits per heavy atom. The van der Waals surface area contributed by atoms with Crippen LogP contribution in [0.1, 0.15) is 69.2 Å². The molecule has 0 heterocycles. The zero-order valence-electron chi connectivity index (χ0n) is 30.7. The molecule has 2 atom stereocenters. The zero-order chi connectivity index (χ0) is 36.1. The third-order valence-corrected chi connectivity index (χ3v) is 18.9. The van der Waals surface area contributed by atoms with E-state index in [4.69, 9.17) is 13.6 Å². The van der Waals surface area contributed by atoms with Crippen LogP contribution in [0, 0.1) is 0 Å². The Morgan fingerprint density at radius 2 is 0.878 bits per heavy atom. The van der Waals surface area contributed by atoms with E-state index in [-0.39, 0.29) is 5.04 Å². The number of rotatable bonds is 10. The average molecular weight is 696 g/mol. The quantitative estimate of drug-likeness (QED) is 0.182. The first kappa shape index (κ1) is 37.8. The van der Waals surface area contributed by atoms with Gasteiger partial charge in [0.2, 0.25) is 0 Å². The molecular formula is C41H53NO5Si2. The fourth-order valence-electron chi connectivity index (χ4n) is 6.70. The molecule has 4 aromatic carbocycles. The molecule has 0 saturated carbocycles. The second kappa shape index (κ2) is 14.9. The number of amides is 1. The van der Waals surface area contributed by atoms with Crippen LogP contribution in [0.4, 0.5) is 4.79 Å². The van der Waals surface area contributed by atoms with E-state index >= 15 is 0 Å². The summed E-state index contributed by atoms with van der Waals surface area (Å²) >= 11 is 0. The van der Waals surface area contributed by atoms with Crippen LogP contribution in [0.25, 0.3) is 0 Å². The third kappa shape index (κ3) is 8.25. The van der Waals surface area contributed by atoms with Gasteiger partial charge in [-0.15, -0.1) is 0 Å². The van der Waals surface area contributed by atoms with Gasteiger partial charge in [-0.1, -0.05) is 163 Å². The van der Waals surface area contributed by atoms with Gasteiger partial charge in [-0.25, -0.2) is 4.79 Å². The van der Waals surface area contributed by atoms with E-state index in [2.05, 4.69) is 71.1 Å². The molecule has 8 heteroatoms. The van der Waals surface area contributed by atoms with Crippen LogP contribution >= 0.6 is 0 Å². The highest BCUT2D eigenvalue weighted by Gasteiger charge is 2.56. The molecule has 0 unspecified atom stereocenters. The number of benzene rings is 4. The lowest BCUT2D eigenvalue weighted by atomic mass is 10.2. The molecule has 49 heavy (non-hydrogen) atoms. The maximum Gasteiger partial charge on any atom is 0.408 e. The Kier molecular flexibility index (Phi) is 11.5. The van der Waals surface area contributed by atoms with Crippen LogP contribution in [-0.4, -0.2) is 46.4 Å². The molecule has 0 radical (unpaired) electrons. The molecule has 0 saturated heterocycles. The lowest BCUT2D eigenvalue weighted by Crippen LogP contribution is -2.71. The Balaban J connectivity index is 1.90. The summed E-state index contributed by atoms with van der Waals surface area (Å²) in [5.74, 6) is -0.564. The molecule has 260 valence electrons. The summed E-state index contributed by atoms with van der Waals surface area (Å²) in [5, 5.41) is 6.13. The van der Waals surface area contributed by atoms with Crippen LogP contribution < -0.4 is 26.1 Å². The standard InChI is InChI=1S/C41H53NO5Si2/c1-31(46-48(40(5,6)7,32-23-15-11-16-24-32)33-25-17-12-18-26-33)36(42-38(44)45-39(2,3)4)37(43)47-49(41(8,9)10,34-27-19-13-20-28-34)35-29-21-14-22-30-35/h11-31,36H,1-10H3,(H,42,44)/t31-,36+/m1/s1. The van der Waals surface area contributed by atoms with Crippen molar-refractivity contribution in [2.24, 2.45) is 0 Å². The summed E-state index contributed by atoms with van der Waals surface area (Å²) < 4.78 is 20.1. The number of alkyl carbamates (subject to hydrolysis) is 1. The van der Waals surface area contributed by atoms with Crippen molar-refractivity contribution in [3.63, 3.8) is 0 Å². The Hall–Kier alpha value is -3.99. The molecule has 1 N–H and O–H groups in total. The van der Waals surface area contributed by atoms with Gasteiger partial charge >= 0.3 is 20.4 Å². The lowest BCUT2D eigenvalue weighted by molar-refractivity contribution is -0.140. The normalized spacial score (nSPS) is 14.0. The van der Waals surface area contributed by atoms with Crippen LogP contribution in [0.3, 0.4) is 0 Å². The van der Waals surface area contributed by atoms with Crippen LogP contribution in [0.5, 0.6) is 0 Å². The molecule has 0 aromatic heterocycles. The van der Waals surface area contributed by atoms with E-state index in [1.807, 2.05) is 104 Å². The minimum atomic E-state index is -3.33. The summed E-state index contributed by atoms with van der Waals surface area (Å²) in [4.78, 5) is 28.5. The van der Waals surface area contributed by atoms with E-state index in [1.165, 1.54) is 0 Å². The predicted molar refractivity (Wildman–Crippen MR) is 205 cm³/mol. The van der Waals surface area contributed by atoms with Gasteiger partial charge in [0.15, 0.2) is 6.04 Å². The molecule has 0 spiro atoms. The summed E-state index contributed by atoms with van der Waals surface area (Å²) in [6.07, 6.45) is -1.51. The molecule has 0 aliphatic rings. The van der Waals surface area contributed by atoms with Gasteiger partial charge in [-0.3, -0.25) is 4.79 Å². The number of nitrogens with one attached hydrogen (secondary N) is 1. The first-order valence-electron chi connectivity index (χ1n) is 17.0. The smallest absolute Gasteiger partial charge is 0.408 e. The van der Waals surface area contributed by atoms with Crippen molar-refractivity contribution in [1.82, 2.24) is 5.32 Å².